The van der Waals surface area contributed by atoms with E-state index in [0.717, 1.165) is 22.3 Å². The summed E-state index contributed by atoms with van der Waals surface area (Å²) in [5.41, 5.74) is 5.95. The largest absolute Gasteiger partial charge is 0.573 e. The Kier molecular flexibility index (Phi) is 4.92. The van der Waals surface area contributed by atoms with Crippen molar-refractivity contribution in [2.24, 2.45) is 0 Å². The normalized spacial score (nSPS) is 15.2. The van der Waals surface area contributed by atoms with Crippen molar-refractivity contribution in [3.63, 3.8) is 0 Å². The van der Waals surface area contributed by atoms with Crippen molar-refractivity contribution in [1.29, 1.82) is 10.5 Å². The number of rotatable bonds is 1. The Labute approximate surface area is 203 Å². The number of benzene rings is 3. The van der Waals surface area contributed by atoms with Gasteiger partial charge in [0, 0.05) is 11.1 Å². The lowest BCUT2D eigenvalue weighted by atomic mass is 9.94. The first-order valence-electron chi connectivity index (χ1n) is 10.4. The number of halogens is 3. The van der Waals surface area contributed by atoms with Crippen molar-refractivity contribution in [2.45, 2.75) is 13.3 Å². The highest BCUT2D eigenvalue weighted by Gasteiger charge is 2.35. The van der Waals surface area contributed by atoms with E-state index in [0.29, 0.717) is 27.8 Å². The maximum Gasteiger partial charge on any atom is 0.573 e. The van der Waals surface area contributed by atoms with Crippen LogP contribution in [-0.2, 0) is 0 Å². The Bertz CT molecular complexity index is 1720. The zero-order valence-electron chi connectivity index (χ0n) is 18.4. The number of allylic oxidation sites excluding steroid dienone is 2. The van der Waals surface area contributed by atoms with E-state index < -0.39 is 12.1 Å². The van der Waals surface area contributed by atoms with Gasteiger partial charge in [0.1, 0.15) is 5.75 Å². The Morgan fingerprint density at radius 3 is 1.69 bits per heavy atom. The van der Waals surface area contributed by atoms with Gasteiger partial charge < -0.3 is 4.74 Å². The summed E-state index contributed by atoms with van der Waals surface area (Å²) in [6.45, 7) is 16.9. The molecule has 5 rings (SSSR count). The number of aryl methyl sites for hydroxylation is 1. The van der Waals surface area contributed by atoms with Gasteiger partial charge in [-0.3, -0.25) is 0 Å². The molecule has 0 radical (unpaired) electrons. The monoisotopic (exact) mass is 476 g/mol. The first-order valence-corrected chi connectivity index (χ1v) is 10.4. The fraction of sp³-hybridized carbons (Fsp3) is 0.0714. The van der Waals surface area contributed by atoms with Crippen LogP contribution in [0.25, 0.3) is 43.1 Å². The van der Waals surface area contributed by atoms with Crippen molar-refractivity contribution >= 4 is 11.1 Å². The molecule has 0 amide bonds. The van der Waals surface area contributed by atoms with Crippen LogP contribution in [0.1, 0.15) is 27.8 Å². The molecule has 0 heterocycles. The van der Waals surface area contributed by atoms with Gasteiger partial charge in [0.05, 0.1) is 25.3 Å². The van der Waals surface area contributed by atoms with Crippen LogP contribution in [0.3, 0.4) is 0 Å². The number of nitriles is 2. The van der Waals surface area contributed by atoms with E-state index in [-0.39, 0.29) is 22.5 Å². The molecule has 3 aromatic carbocycles. The molecule has 0 fully saturated rings. The summed E-state index contributed by atoms with van der Waals surface area (Å²) in [5.74, 6) is -0.470. The van der Waals surface area contributed by atoms with E-state index in [2.05, 4.69) is 14.4 Å². The molecule has 36 heavy (non-hydrogen) atoms. The number of hydrogen-bond donors (Lipinski definition) is 0. The van der Waals surface area contributed by atoms with E-state index in [1.807, 2.05) is 43.3 Å². The van der Waals surface area contributed by atoms with Crippen molar-refractivity contribution in [2.75, 3.05) is 0 Å². The second-order valence-corrected chi connectivity index (χ2v) is 8.14. The Morgan fingerprint density at radius 2 is 1.19 bits per heavy atom. The average molecular weight is 476 g/mol. The zero-order valence-corrected chi connectivity index (χ0v) is 18.4. The van der Waals surface area contributed by atoms with Crippen molar-refractivity contribution < 1.29 is 17.9 Å². The third kappa shape index (κ3) is 3.30. The molecule has 5 nitrogen and oxygen atoms in total. The topological polar surface area (TPSA) is 65.5 Å². The number of nitrogens with zero attached hydrogens (tertiary/aromatic N) is 4. The first kappa shape index (κ1) is 22.5. The summed E-state index contributed by atoms with van der Waals surface area (Å²) in [6, 6.07) is 16.9. The number of fused-ring (bicyclic) bond motifs is 6. The number of hydrogen-bond acceptors (Lipinski definition) is 3. The number of ether oxygens (including phenoxy) is 1. The van der Waals surface area contributed by atoms with E-state index in [1.165, 1.54) is 18.2 Å². The molecule has 0 aromatic heterocycles. The van der Waals surface area contributed by atoms with Gasteiger partial charge in [-0.25, -0.2) is 20.2 Å². The van der Waals surface area contributed by atoms with Crippen LogP contribution >= 0.6 is 0 Å². The van der Waals surface area contributed by atoms with Gasteiger partial charge in [0.15, 0.2) is 0 Å². The maximum atomic E-state index is 12.9. The van der Waals surface area contributed by atoms with Gasteiger partial charge >= 0.3 is 6.36 Å². The minimum Gasteiger partial charge on any atom is -0.406 e. The van der Waals surface area contributed by atoms with Gasteiger partial charge in [-0.15, -0.1) is 13.2 Å². The predicted molar refractivity (Wildman–Crippen MR) is 125 cm³/mol. The molecule has 0 saturated heterocycles. The van der Waals surface area contributed by atoms with Crippen molar-refractivity contribution in [1.82, 2.24) is 0 Å². The Morgan fingerprint density at radius 1 is 0.722 bits per heavy atom. The summed E-state index contributed by atoms with van der Waals surface area (Å²) < 4.78 is 42.7. The van der Waals surface area contributed by atoms with Crippen LogP contribution in [0.4, 0.5) is 13.2 Å². The van der Waals surface area contributed by atoms with Gasteiger partial charge in [-0.1, -0.05) is 29.8 Å². The molecule has 0 atom stereocenters. The fourth-order valence-corrected chi connectivity index (χ4v) is 4.80. The van der Waals surface area contributed by atoms with Gasteiger partial charge in [-0.05, 0) is 75.7 Å². The van der Waals surface area contributed by atoms with Crippen LogP contribution < -0.4 is 4.74 Å². The lowest BCUT2D eigenvalue weighted by Gasteiger charge is -2.11. The molecule has 0 unspecified atom stereocenters. The van der Waals surface area contributed by atoms with E-state index >= 15 is 0 Å². The van der Waals surface area contributed by atoms with Crippen molar-refractivity contribution in [3.05, 3.63) is 111 Å². The lowest BCUT2D eigenvalue weighted by Crippen LogP contribution is -2.17. The second-order valence-electron chi connectivity index (χ2n) is 8.14. The van der Waals surface area contributed by atoms with Crippen LogP contribution in [0.15, 0.2) is 59.9 Å². The molecule has 0 spiro atoms. The molecular formula is C28H11F3N4O. The van der Waals surface area contributed by atoms with Gasteiger partial charge in [-0.2, -0.15) is 0 Å². The highest BCUT2D eigenvalue weighted by Crippen LogP contribution is 2.54. The molecule has 2 aliphatic rings. The minimum absolute atomic E-state index is 0.104. The fourth-order valence-electron chi connectivity index (χ4n) is 4.80. The van der Waals surface area contributed by atoms with Crippen LogP contribution in [0.5, 0.6) is 5.75 Å². The standard InChI is InChI=1S/C28H11F3N4O/c1-14-4-6-16-18-10-19-17-7-5-15(36-28(29,30)31)9-21(17)27(25(13-33)35-3)23(19)11-22(18)26(20(16)8-14)24(12-32)34-2/h4-11H,1H3/b26-24+,27-25-. The van der Waals surface area contributed by atoms with Crippen molar-refractivity contribution in [3.8, 4) is 40.1 Å². The van der Waals surface area contributed by atoms with Crippen LogP contribution in [-0.4, -0.2) is 6.36 Å². The molecule has 170 valence electrons. The predicted octanol–water partition coefficient (Wildman–Crippen LogP) is 7.26. The molecule has 0 bridgehead atoms. The highest BCUT2D eigenvalue weighted by atomic mass is 19.4. The maximum absolute atomic E-state index is 12.9. The SMILES string of the molecule is [C-]#[N+]/C(C#N)=C1\c2cc(C)ccc2-c2cc3c(cc21)/C(=C(/C#N)[N+]#[C-])c1cc(OC(F)(F)F)ccc1-3. The molecule has 3 aromatic rings. The molecule has 0 N–H and O–H groups in total. The van der Waals surface area contributed by atoms with Crippen LogP contribution in [0, 0.1) is 42.7 Å². The Balaban J connectivity index is 1.86. The summed E-state index contributed by atoms with van der Waals surface area (Å²) in [5, 5.41) is 19.3. The quantitative estimate of drug-likeness (QED) is 0.189. The summed E-state index contributed by atoms with van der Waals surface area (Å²) >= 11 is 0. The van der Waals surface area contributed by atoms with Crippen LogP contribution in [0.2, 0.25) is 0 Å². The molecule has 2 aliphatic carbocycles. The molecule has 8 heteroatoms. The van der Waals surface area contributed by atoms with E-state index in [9.17, 15) is 23.7 Å². The lowest BCUT2D eigenvalue weighted by molar-refractivity contribution is -0.274. The highest BCUT2D eigenvalue weighted by molar-refractivity contribution is 6.10. The summed E-state index contributed by atoms with van der Waals surface area (Å²) in [7, 11) is 0. The third-order valence-electron chi connectivity index (χ3n) is 6.12. The molecular weight excluding hydrogens is 465 g/mol. The van der Waals surface area contributed by atoms with Gasteiger partial charge in [0.25, 0.3) is 11.4 Å². The molecule has 0 aliphatic heterocycles. The summed E-state index contributed by atoms with van der Waals surface area (Å²) in [6.07, 6.45) is -4.91. The Hall–Kier alpha value is -5.31. The minimum atomic E-state index is -4.91. The van der Waals surface area contributed by atoms with E-state index in [4.69, 9.17) is 13.1 Å². The number of alkyl halides is 3. The summed E-state index contributed by atoms with van der Waals surface area (Å²) in [4.78, 5) is 6.73. The first-order chi connectivity index (χ1) is 17.2. The third-order valence-corrected chi connectivity index (χ3v) is 6.12. The molecule has 0 saturated carbocycles. The van der Waals surface area contributed by atoms with E-state index in [1.54, 1.807) is 6.07 Å². The second kappa shape index (κ2) is 7.88. The van der Waals surface area contributed by atoms with Gasteiger partial charge in [0.2, 0.25) is 0 Å². The smallest absolute Gasteiger partial charge is 0.406 e. The average Bonchev–Trinajstić information content (AvgIpc) is 3.30. The zero-order chi connectivity index (χ0) is 25.8.